The molecule has 3 N–H and O–H groups in total. The number of hydrogen-bond acceptors (Lipinski definition) is 6. The molecule has 1 atom stereocenters. The van der Waals surface area contributed by atoms with Gasteiger partial charge in [0.15, 0.2) is 0 Å². The molecule has 3 rings (SSSR count). The van der Waals surface area contributed by atoms with Crippen molar-refractivity contribution in [2.45, 2.75) is 73.0 Å². The number of aromatic nitrogens is 3. The topological polar surface area (TPSA) is 132 Å². The molecule has 10 nitrogen and oxygen atoms in total. The van der Waals surface area contributed by atoms with Crippen LogP contribution in [0.1, 0.15) is 58.6 Å². The molecule has 224 valence electrons. The van der Waals surface area contributed by atoms with Gasteiger partial charge in [-0.05, 0) is 73.6 Å². The number of halogens is 2. The first-order valence-corrected chi connectivity index (χ1v) is 14.3. The molecule has 1 aromatic carbocycles. The third-order valence-electron chi connectivity index (χ3n) is 6.84. The van der Waals surface area contributed by atoms with Crippen LogP contribution in [-0.2, 0) is 19.5 Å². The molecule has 0 saturated carbocycles. The van der Waals surface area contributed by atoms with Crippen LogP contribution in [0.15, 0.2) is 71.8 Å². The van der Waals surface area contributed by atoms with Crippen molar-refractivity contribution in [3.05, 3.63) is 90.1 Å². The number of nitrogens with one attached hydrogen (secondary N) is 1. The van der Waals surface area contributed by atoms with Gasteiger partial charge in [0.1, 0.15) is 18.0 Å². The molecule has 0 bridgehead atoms. The monoisotopic (exact) mass is 596 g/mol. The molecule has 12 heteroatoms. The lowest BCUT2D eigenvalue weighted by Gasteiger charge is -2.22. The fourth-order valence-electron chi connectivity index (χ4n) is 4.33. The highest BCUT2D eigenvalue weighted by molar-refractivity contribution is 6.30. The average Bonchev–Trinajstić information content (AvgIpc) is 2.97. The summed E-state index contributed by atoms with van der Waals surface area (Å²) < 4.78 is 16.7. The van der Waals surface area contributed by atoms with Crippen molar-refractivity contribution in [3.8, 4) is 0 Å². The van der Waals surface area contributed by atoms with E-state index in [2.05, 4.69) is 34.1 Å². The Kier molecular flexibility index (Phi) is 11.3. The van der Waals surface area contributed by atoms with Crippen LogP contribution >= 0.6 is 11.6 Å². The summed E-state index contributed by atoms with van der Waals surface area (Å²) in [6, 6.07) is 3.26. The zero-order valence-electron chi connectivity index (χ0n) is 24.9. The van der Waals surface area contributed by atoms with Crippen molar-refractivity contribution in [2.24, 2.45) is 20.7 Å². The first-order valence-electron chi connectivity index (χ1n) is 13.9. The second-order valence-electron chi connectivity index (χ2n) is 9.79. The van der Waals surface area contributed by atoms with Crippen LogP contribution < -0.4 is 22.4 Å². The molecule has 0 fully saturated rings. The highest BCUT2D eigenvalue weighted by atomic mass is 35.5. The Bertz CT molecular complexity index is 1630. The molecule has 1 aromatic heterocycles. The standard InChI is InChI=1S/C30H38ClFN8O2/c1-7-18(5)36-24-13-21(9-3)25(14-20(24)8-2)37-28-38-29(41)40(16-26(33)35-17-34-6)30(42)39(28)15-19-11-22(10-4)27(32)23(31)12-19/h8,11-14,17-18H,7,9-10,15-16H2,1-6H3,(H2,33,34,35)(H,37,38,41)/b20-8-,36-24?. The number of benzene rings is 1. The van der Waals surface area contributed by atoms with Crippen LogP contribution in [-0.4, -0.2) is 45.1 Å². The van der Waals surface area contributed by atoms with Crippen LogP contribution in [0, 0.1) is 5.82 Å². The van der Waals surface area contributed by atoms with E-state index < -0.39 is 17.2 Å². The highest BCUT2D eigenvalue weighted by Gasteiger charge is 2.21. The Labute approximate surface area is 250 Å². The second-order valence-corrected chi connectivity index (χ2v) is 10.2. The minimum Gasteiger partial charge on any atom is -0.386 e. The number of aliphatic imine (C=N–C) groups is 3. The van der Waals surface area contributed by atoms with Crippen molar-refractivity contribution >= 4 is 35.4 Å². The summed E-state index contributed by atoms with van der Waals surface area (Å²) in [6.07, 6.45) is 9.10. The van der Waals surface area contributed by atoms with Crippen LogP contribution in [0.4, 0.5) is 10.3 Å². The lowest BCUT2D eigenvalue weighted by atomic mass is 9.95. The number of nitrogens with zero attached hydrogens (tertiary/aromatic N) is 6. The fraction of sp³-hybridized carbons (Fsp3) is 0.400. The van der Waals surface area contributed by atoms with Gasteiger partial charge in [0, 0.05) is 18.8 Å². The molecule has 0 spiro atoms. The van der Waals surface area contributed by atoms with Gasteiger partial charge in [-0.15, -0.1) is 0 Å². The van der Waals surface area contributed by atoms with E-state index in [0.29, 0.717) is 29.7 Å². The van der Waals surface area contributed by atoms with Gasteiger partial charge < -0.3 is 11.1 Å². The van der Waals surface area contributed by atoms with Crippen molar-refractivity contribution in [1.29, 1.82) is 0 Å². The van der Waals surface area contributed by atoms with Gasteiger partial charge >= 0.3 is 11.4 Å². The SMILES string of the molecule is C/C=C1/C=C(Nc2nc(=O)n(CC(N)=NC=NC)c(=O)n2Cc2cc(Cl)c(F)c(CC)c2)C(CC)=CC1=NC(C)CC. The zero-order chi connectivity index (χ0) is 31.0. The third kappa shape index (κ3) is 7.58. The number of allylic oxidation sites excluding steroid dienone is 5. The molecule has 1 aliphatic carbocycles. The van der Waals surface area contributed by atoms with Crippen molar-refractivity contribution in [1.82, 2.24) is 14.1 Å². The Morgan fingerprint density at radius 1 is 1.19 bits per heavy atom. The fourth-order valence-corrected chi connectivity index (χ4v) is 4.59. The summed E-state index contributed by atoms with van der Waals surface area (Å²) in [6.45, 7) is 9.57. The lowest BCUT2D eigenvalue weighted by Crippen LogP contribution is -2.45. The number of aryl methyl sites for hydroxylation is 1. The average molecular weight is 597 g/mol. The van der Waals surface area contributed by atoms with Gasteiger partial charge in [-0.3, -0.25) is 14.6 Å². The van der Waals surface area contributed by atoms with E-state index in [1.54, 1.807) is 6.07 Å². The molecule has 1 heterocycles. The quantitative estimate of drug-likeness (QED) is 0.288. The van der Waals surface area contributed by atoms with Crippen molar-refractivity contribution in [2.75, 3.05) is 12.4 Å². The largest absolute Gasteiger partial charge is 0.386 e. The summed E-state index contributed by atoms with van der Waals surface area (Å²) in [5.74, 6) is -0.477. The highest BCUT2D eigenvalue weighted by Crippen LogP contribution is 2.26. The van der Waals surface area contributed by atoms with E-state index in [1.165, 1.54) is 24.0 Å². The Hall–Kier alpha value is -4.12. The Morgan fingerprint density at radius 2 is 1.93 bits per heavy atom. The third-order valence-corrected chi connectivity index (χ3v) is 7.11. The Morgan fingerprint density at radius 3 is 2.55 bits per heavy atom. The van der Waals surface area contributed by atoms with Gasteiger partial charge in [0.05, 0.1) is 23.8 Å². The molecule has 0 amide bonds. The van der Waals surface area contributed by atoms with E-state index >= 15 is 0 Å². The zero-order valence-corrected chi connectivity index (χ0v) is 25.7. The second kappa shape index (κ2) is 14.7. The van der Waals surface area contributed by atoms with Crippen LogP contribution in [0.2, 0.25) is 5.02 Å². The van der Waals surface area contributed by atoms with Gasteiger partial charge in [-0.2, -0.15) is 4.98 Å². The number of rotatable bonds is 11. The molecule has 0 saturated heterocycles. The first-order chi connectivity index (χ1) is 20.1. The van der Waals surface area contributed by atoms with E-state index in [1.807, 2.05) is 39.0 Å². The first kappa shape index (κ1) is 32.4. The van der Waals surface area contributed by atoms with Crippen molar-refractivity contribution in [3.63, 3.8) is 0 Å². The van der Waals surface area contributed by atoms with Crippen LogP contribution in [0.25, 0.3) is 0 Å². The van der Waals surface area contributed by atoms with E-state index in [0.717, 1.165) is 27.8 Å². The van der Waals surface area contributed by atoms with Gasteiger partial charge in [0.25, 0.3) is 0 Å². The van der Waals surface area contributed by atoms with Crippen LogP contribution in [0.5, 0.6) is 0 Å². The van der Waals surface area contributed by atoms with Crippen LogP contribution in [0.3, 0.4) is 0 Å². The summed E-state index contributed by atoms with van der Waals surface area (Å²) in [7, 11) is 1.52. The van der Waals surface area contributed by atoms with Gasteiger partial charge in [-0.1, -0.05) is 44.5 Å². The summed E-state index contributed by atoms with van der Waals surface area (Å²) >= 11 is 6.18. The molecule has 0 radical (unpaired) electrons. The lowest BCUT2D eigenvalue weighted by molar-refractivity contribution is 0.596. The maximum Gasteiger partial charge on any atom is 0.355 e. The molecular weight excluding hydrogens is 559 g/mol. The molecule has 1 unspecified atom stereocenters. The van der Waals surface area contributed by atoms with E-state index in [9.17, 15) is 14.0 Å². The predicted molar refractivity (Wildman–Crippen MR) is 170 cm³/mol. The molecule has 2 aromatic rings. The molecule has 1 aliphatic rings. The van der Waals surface area contributed by atoms with E-state index in [-0.39, 0.29) is 35.9 Å². The normalized spacial score (nSPS) is 16.7. The number of nitrogens with two attached hydrogens (primary N) is 1. The number of hydrogen-bond donors (Lipinski definition) is 2. The maximum absolute atomic E-state index is 14.5. The van der Waals surface area contributed by atoms with E-state index in [4.69, 9.17) is 22.3 Å². The van der Waals surface area contributed by atoms with Gasteiger partial charge in [-0.25, -0.2) is 23.5 Å². The summed E-state index contributed by atoms with van der Waals surface area (Å²) in [4.78, 5) is 43.6. The Balaban J connectivity index is 2.19. The van der Waals surface area contributed by atoms with Gasteiger partial charge in [0.2, 0.25) is 5.95 Å². The minimum atomic E-state index is -0.805. The molecule has 42 heavy (non-hydrogen) atoms. The molecular formula is C30H38ClFN8O2. The summed E-state index contributed by atoms with van der Waals surface area (Å²) in [5.41, 5.74) is 8.81. The summed E-state index contributed by atoms with van der Waals surface area (Å²) in [5, 5.41) is 3.16. The predicted octanol–water partition coefficient (Wildman–Crippen LogP) is 4.66. The van der Waals surface area contributed by atoms with Crippen molar-refractivity contribution < 1.29 is 4.39 Å². The minimum absolute atomic E-state index is 0.00370. The molecule has 0 aliphatic heterocycles. The number of amidine groups is 1. The maximum atomic E-state index is 14.5. The number of anilines is 1. The smallest absolute Gasteiger partial charge is 0.355 e.